The van der Waals surface area contributed by atoms with Gasteiger partial charge in [-0.25, -0.2) is 13.1 Å². The number of benzene rings is 1. The summed E-state index contributed by atoms with van der Waals surface area (Å²) in [5, 5.41) is 0. The Kier molecular flexibility index (Phi) is 4.25. The summed E-state index contributed by atoms with van der Waals surface area (Å²) >= 11 is 0. The molecule has 20 heavy (non-hydrogen) atoms. The van der Waals surface area contributed by atoms with Crippen molar-refractivity contribution in [3.8, 4) is 5.75 Å². The van der Waals surface area contributed by atoms with Gasteiger partial charge in [-0.15, -0.1) is 0 Å². The molecule has 0 aliphatic heterocycles. The first-order chi connectivity index (χ1) is 9.28. The molecule has 0 bridgehead atoms. The second-order valence-corrected chi connectivity index (χ2v) is 7.90. The third-order valence-electron chi connectivity index (χ3n) is 3.75. The van der Waals surface area contributed by atoms with Gasteiger partial charge in [0.25, 0.3) is 0 Å². The van der Waals surface area contributed by atoms with Crippen molar-refractivity contribution in [3.05, 3.63) is 24.3 Å². The first-order valence-corrected chi connectivity index (χ1v) is 8.39. The standard InChI is InChI=1S/C14H22N2O3S/c1-14(2)9-11(14)10-16-20(17,18)7-6-19-13-5-3-4-12(15)8-13/h3-5,8,11,16H,6-7,9-10,15H2,1-2H3. The number of nitrogens with one attached hydrogen (secondary N) is 1. The van der Waals surface area contributed by atoms with E-state index in [0.29, 0.717) is 23.9 Å². The van der Waals surface area contributed by atoms with Gasteiger partial charge < -0.3 is 10.5 Å². The lowest BCUT2D eigenvalue weighted by atomic mass is 10.1. The SMILES string of the molecule is CC1(C)CC1CNS(=O)(=O)CCOc1cccc(N)c1. The minimum atomic E-state index is -3.27. The fraction of sp³-hybridized carbons (Fsp3) is 0.571. The van der Waals surface area contributed by atoms with Crippen LogP contribution >= 0.6 is 0 Å². The Balaban J connectivity index is 1.72. The van der Waals surface area contributed by atoms with Crippen LogP contribution in [-0.2, 0) is 10.0 Å². The van der Waals surface area contributed by atoms with Gasteiger partial charge in [0.1, 0.15) is 12.4 Å². The van der Waals surface area contributed by atoms with Crippen molar-refractivity contribution in [3.63, 3.8) is 0 Å². The van der Waals surface area contributed by atoms with Gasteiger partial charge in [0.15, 0.2) is 0 Å². The average Bonchev–Trinajstić information content (AvgIpc) is 2.95. The maximum absolute atomic E-state index is 11.8. The van der Waals surface area contributed by atoms with Gasteiger partial charge >= 0.3 is 0 Å². The monoisotopic (exact) mass is 298 g/mol. The number of sulfonamides is 1. The Morgan fingerprint density at radius 1 is 1.45 bits per heavy atom. The molecule has 1 fully saturated rings. The van der Waals surface area contributed by atoms with Gasteiger partial charge in [-0.2, -0.15) is 0 Å². The molecule has 1 aromatic carbocycles. The normalized spacial score (nSPS) is 20.6. The molecule has 0 saturated heterocycles. The van der Waals surface area contributed by atoms with Crippen molar-refractivity contribution in [2.45, 2.75) is 20.3 Å². The molecule has 1 unspecified atom stereocenters. The second kappa shape index (κ2) is 5.61. The number of anilines is 1. The minimum absolute atomic E-state index is 0.0467. The van der Waals surface area contributed by atoms with E-state index in [1.54, 1.807) is 24.3 Å². The van der Waals surface area contributed by atoms with Crippen LogP contribution in [-0.4, -0.2) is 27.3 Å². The highest BCUT2D eigenvalue weighted by Crippen LogP contribution is 2.51. The van der Waals surface area contributed by atoms with E-state index in [2.05, 4.69) is 18.6 Å². The Labute approximate surface area is 120 Å². The van der Waals surface area contributed by atoms with E-state index in [-0.39, 0.29) is 17.8 Å². The molecule has 1 saturated carbocycles. The third-order valence-corrected chi connectivity index (χ3v) is 5.06. The summed E-state index contributed by atoms with van der Waals surface area (Å²) in [4.78, 5) is 0. The lowest BCUT2D eigenvalue weighted by Gasteiger charge is -2.09. The molecule has 0 radical (unpaired) electrons. The first kappa shape index (κ1) is 15.1. The molecule has 112 valence electrons. The number of nitrogens with two attached hydrogens (primary N) is 1. The number of hydrogen-bond acceptors (Lipinski definition) is 4. The fourth-order valence-corrected chi connectivity index (χ4v) is 3.00. The quantitative estimate of drug-likeness (QED) is 0.749. The van der Waals surface area contributed by atoms with Crippen LogP contribution in [0, 0.1) is 11.3 Å². The van der Waals surface area contributed by atoms with E-state index in [4.69, 9.17) is 10.5 Å². The van der Waals surface area contributed by atoms with Gasteiger partial charge in [-0.05, 0) is 29.9 Å². The molecule has 5 nitrogen and oxygen atoms in total. The van der Waals surface area contributed by atoms with E-state index < -0.39 is 10.0 Å². The van der Waals surface area contributed by atoms with E-state index in [0.717, 1.165) is 6.42 Å². The number of ether oxygens (including phenoxy) is 1. The van der Waals surface area contributed by atoms with E-state index in [1.165, 1.54) is 0 Å². The van der Waals surface area contributed by atoms with Crippen LogP contribution in [0.15, 0.2) is 24.3 Å². The van der Waals surface area contributed by atoms with Gasteiger partial charge in [0.2, 0.25) is 10.0 Å². The maximum atomic E-state index is 11.8. The molecular weight excluding hydrogens is 276 g/mol. The zero-order chi connectivity index (χ0) is 14.8. The molecule has 0 spiro atoms. The molecule has 0 heterocycles. The van der Waals surface area contributed by atoms with Crippen LogP contribution in [0.25, 0.3) is 0 Å². The largest absolute Gasteiger partial charge is 0.492 e. The molecule has 2 rings (SSSR count). The molecule has 3 N–H and O–H groups in total. The Morgan fingerprint density at radius 2 is 2.15 bits per heavy atom. The van der Waals surface area contributed by atoms with Crippen LogP contribution in [0.3, 0.4) is 0 Å². The highest BCUT2D eigenvalue weighted by atomic mass is 32.2. The van der Waals surface area contributed by atoms with E-state index in [9.17, 15) is 8.42 Å². The fourth-order valence-electron chi connectivity index (χ4n) is 2.10. The molecule has 0 aromatic heterocycles. The smallest absolute Gasteiger partial charge is 0.214 e. The number of rotatable bonds is 7. The van der Waals surface area contributed by atoms with Crippen LogP contribution in [0.2, 0.25) is 0 Å². The summed E-state index contributed by atoms with van der Waals surface area (Å²) in [6, 6.07) is 6.95. The topological polar surface area (TPSA) is 81.4 Å². The second-order valence-electron chi connectivity index (χ2n) is 5.98. The molecule has 1 aromatic rings. The zero-order valence-electron chi connectivity index (χ0n) is 11.9. The third kappa shape index (κ3) is 4.38. The Bertz CT molecular complexity index is 570. The van der Waals surface area contributed by atoms with Gasteiger partial charge in [-0.3, -0.25) is 0 Å². The average molecular weight is 298 g/mol. The highest BCUT2D eigenvalue weighted by Gasteiger charge is 2.45. The van der Waals surface area contributed by atoms with Crippen molar-refractivity contribution in [1.82, 2.24) is 4.72 Å². The van der Waals surface area contributed by atoms with Crippen molar-refractivity contribution in [2.75, 3.05) is 24.6 Å². The number of nitrogen functional groups attached to an aromatic ring is 1. The van der Waals surface area contributed by atoms with E-state index in [1.807, 2.05) is 0 Å². The summed E-state index contributed by atoms with van der Waals surface area (Å²) in [7, 11) is -3.27. The predicted octanol–water partition coefficient (Wildman–Crippen LogP) is 1.61. The minimum Gasteiger partial charge on any atom is -0.492 e. The molecule has 1 atom stereocenters. The highest BCUT2D eigenvalue weighted by molar-refractivity contribution is 7.89. The van der Waals surface area contributed by atoms with Gasteiger partial charge in [0, 0.05) is 18.3 Å². The van der Waals surface area contributed by atoms with Crippen molar-refractivity contribution in [1.29, 1.82) is 0 Å². The summed E-state index contributed by atoms with van der Waals surface area (Å²) in [5.74, 6) is 0.991. The van der Waals surface area contributed by atoms with Crippen LogP contribution in [0.1, 0.15) is 20.3 Å². The van der Waals surface area contributed by atoms with Crippen molar-refractivity contribution >= 4 is 15.7 Å². The van der Waals surface area contributed by atoms with Crippen LogP contribution in [0.4, 0.5) is 5.69 Å². The van der Waals surface area contributed by atoms with Gasteiger partial charge in [-0.1, -0.05) is 19.9 Å². The molecule has 6 heteroatoms. The summed E-state index contributed by atoms with van der Waals surface area (Å²) in [6.45, 7) is 4.93. The molecule has 1 aliphatic rings. The van der Waals surface area contributed by atoms with Gasteiger partial charge in [0.05, 0.1) is 5.75 Å². The van der Waals surface area contributed by atoms with Crippen molar-refractivity contribution in [2.24, 2.45) is 11.3 Å². The molecule has 1 aliphatic carbocycles. The Hall–Kier alpha value is -1.27. The lowest BCUT2D eigenvalue weighted by Crippen LogP contribution is -2.31. The first-order valence-electron chi connectivity index (χ1n) is 6.74. The number of hydrogen-bond donors (Lipinski definition) is 2. The van der Waals surface area contributed by atoms with Crippen LogP contribution in [0.5, 0.6) is 5.75 Å². The van der Waals surface area contributed by atoms with Crippen molar-refractivity contribution < 1.29 is 13.2 Å². The zero-order valence-corrected chi connectivity index (χ0v) is 12.7. The predicted molar refractivity (Wildman–Crippen MR) is 80.0 cm³/mol. The molecular formula is C14H22N2O3S. The maximum Gasteiger partial charge on any atom is 0.214 e. The summed E-state index contributed by atoms with van der Waals surface area (Å²) in [5.41, 5.74) is 6.49. The summed E-state index contributed by atoms with van der Waals surface area (Å²) in [6.07, 6.45) is 1.08. The summed E-state index contributed by atoms with van der Waals surface area (Å²) < 4.78 is 31.7. The lowest BCUT2D eigenvalue weighted by molar-refractivity contribution is 0.340. The molecule has 0 amide bonds. The van der Waals surface area contributed by atoms with E-state index >= 15 is 0 Å². The van der Waals surface area contributed by atoms with Crippen LogP contribution < -0.4 is 15.2 Å². The Morgan fingerprint density at radius 3 is 2.75 bits per heavy atom.